The van der Waals surface area contributed by atoms with Gasteiger partial charge in [0.2, 0.25) is 5.91 Å². The van der Waals surface area contributed by atoms with Crippen molar-refractivity contribution in [3.63, 3.8) is 0 Å². The molecule has 1 aromatic heterocycles. The van der Waals surface area contributed by atoms with Gasteiger partial charge in [-0.25, -0.2) is 4.98 Å². The minimum atomic E-state index is -0.227. The van der Waals surface area contributed by atoms with Gasteiger partial charge in [0.25, 0.3) is 0 Å². The molecule has 0 fully saturated rings. The maximum absolute atomic E-state index is 12.3. The van der Waals surface area contributed by atoms with Gasteiger partial charge < -0.3 is 9.73 Å². The Morgan fingerprint density at radius 3 is 2.30 bits per heavy atom. The minimum absolute atomic E-state index is 0.0327. The number of nitrogens with one attached hydrogen (secondary N) is 1. The first-order valence-corrected chi connectivity index (χ1v) is 9.81. The van der Waals surface area contributed by atoms with Crippen molar-refractivity contribution in [2.45, 2.75) is 79.2 Å². The normalized spacial score (nSPS) is 12.4. The van der Waals surface area contributed by atoms with Crippen LogP contribution in [0.1, 0.15) is 78.7 Å². The zero-order chi connectivity index (χ0) is 20.2. The molecule has 2 aromatic rings. The lowest BCUT2D eigenvalue weighted by atomic mass is 9.82. The molecule has 0 aliphatic carbocycles. The van der Waals surface area contributed by atoms with Crippen LogP contribution in [0.15, 0.2) is 34.9 Å². The van der Waals surface area contributed by atoms with E-state index in [4.69, 9.17) is 4.42 Å². The Morgan fingerprint density at radius 1 is 1.11 bits per heavy atom. The monoisotopic (exact) mass is 370 g/mol. The second-order valence-corrected chi connectivity index (χ2v) is 9.56. The summed E-state index contributed by atoms with van der Waals surface area (Å²) in [5.74, 6) is 1.88. The first kappa shape index (κ1) is 21.2. The molecule has 2 rings (SSSR count). The molecule has 27 heavy (non-hydrogen) atoms. The van der Waals surface area contributed by atoms with Gasteiger partial charge in [0, 0.05) is 23.9 Å². The number of carbonyl (C=O) groups is 1. The maximum Gasteiger partial charge on any atom is 0.220 e. The van der Waals surface area contributed by atoms with E-state index in [-0.39, 0.29) is 16.9 Å². The van der Waals surface area contributed by atoms with E-state index in [9.17, 15) is 4.79 Å². The number of aromatic nitrogens is 1. The van der Waals surface area contributed by atoms with Crippen LogP contribution in [0.4, 0.5) is 0 Å². The van der Waals surface area contributed by atoms with Gasteiger partial charge in [-0.1, -0.05) is 58.9 Å². The molecule has 0 saturated carbocycles. The standard InChI is InChI=1S/C23H34N2O2/c1-16(2)17-8-10-18(11-9-17)19-14-24-21(27-19)13-12-20(26)25-23(6,7)15-22(3,4)5/h8-11,14,16H,12-13,15H2,1-7H3,(H,25,26). The molecule has 0 atom stereocenters. The van der Waals surface area contributed by atoms with Crippen LogP contribution in [0.25, 0.3) is 11.3 Å². The lowest BCUT2D eigenvalue weighted by Gasteiger charge is -2.33. The van der Waals surface area contributed by atoms with Crippen molar-refractivity contribution in [2.24, 2.45) is 5.41 Å². The Morgan fingerprint density at radius 2 is 1.74 bits per heavy atom. The summed E-state index contributed by atoms with van der Waals surface area (Å²) in [5.41, 5.74) is 2.25. The number of hydrogen-bond donors (Lipinski definition) is 1. The second-order valence-electron chi connectivity index (χ2n) is 9.56. The molecule has 0 aliphatic rings. The lowest BCUT2D eigenvalue weighted by molar-refractivity contribution is -0.123. The van der Waals surface area contributed by atoms with Crippen molar-refractivity contribution in [3.05, 3.63) is 41.9 Å². The van der Waals surface area contributed by atoms with Crippen LogP contribution in [0.2, 0.25) is 0 Å². The molecule has 0 bridgehead atoms. The quantitative estimate of drug-likeness (QED) is 0.677. The van der Waals surface area contributed by atoms with Crippen molar-refractivity contribution in [1.29, 1.82) is 0 Å². The van der Waals surface area contributed by atoms with Crippen LogP contribution in [0.3, 0.4) is 0 Å². The van der Waals surface area contributed by atoms with Crippen LogP contribution in [0.5, 0.6) is 0 Å². The average molecular weight is 371 g/mol. The van der Waals surface area contributed by atoms with E-state index in [0.29, 0.717) is 24.7 Å². The lowest BCUT2D eigenvalue weighted by Crippen LogP contribution is -2.45. The number of oxazole rings is 1. The number of benzene rings is 1. The Kier molecular flexibility index (Phi) is 6.50. The van der Waals surface area contributed by atoms with E-state index < -0.39 is 0 Å². The summed E-state index contributed by atoms with van der Waals surface area (Å²) in [6.45, 7) is 15.0. The molecule has 0 spiro atoms. The van der Waals surface area contributed by atoms with Gasteiger partial charge >= 0.3 is 0 Å². The number of amides is 1. The third-order valence-corrected chi connectivity index (χ3v) is 4.43. The predicted octanol–water partition coefficient (Wildman–Crippen LogP) is 5.73. The van der Waals surface area contributed by atoms with Crippen LogP contribution >= 0.6 is 0 Å². The van der Waals surface area contributed by atoms with Gasteiger partial charge in [-0.2, -0.15) is 0 Å². The zero-order valence-electron chi connectivity index (χ0n) is 17.8. The largest absolute Gasteiger partial charge is 0.441 e. The smallest absolute Gasteiger partial charge is 0.220 e. The van der Waals surface area contributed by atoms with Gasteiger partial charge in [-0.15, -0.1) is 0 Å². The Labute approximate surface area is 163 Å². The Bertz CT molecular complexity index is 749. The van der Waals surface area contributed by atoms with Crippen molar-refractivity contribution in [2.75, 3.05) is 0 Å². The number of nitrogens with zero attached hydrogens (tertiary/aromatic N) is 1. The number of rotatable bonds is 7. The van der Waals surface area contributed by atoms with E-state index in [1.165, 1.54) is 5.56 Å². The zero-order valence-corrected chi connectivity index (χ0v) is 17.8. The molecule has 1 aromatic carbocycles. The average Bonchev–Trinajstić information content (AvgIpc) is 2.99. The van der Waals surface area contributed by atoms with Crippen LogP contribution in [0, 0.1) is 5.41 Å². The van der Waals surface area contributed by atoms with Gasteiger partial charge in [-0.3, -0.25) is 4.79 Å². The molecule has 0 unspecified atom stereocenters. The van der Waals surface area contributed by atoms with E-state index in [1.807, 2.05) is 0 Å². The van der Waals surface area contributed by atoms with E-state index >= 15 is 0 Å². The maximum atomic E-state index is 12.3. The van der Waals surface area contributed by atoms with E-state index in [1.54, 1.807) is 6.20 Å². The predicted molar refractivity (Wildman–Crippen MR) is 111 cm³/mol. The number of aryl methyl sites for hydroxylation is 1. The van der Waals surface area contributed by atoms with Gasteiger partial charge in [0.1, 0.15) is 0 Å². The molecule has 4 nitrogen and oxygen atoms in total. The van der Waals surface area contributed by atoms with Gasteiger partial charge in [0.15, 0.2) is 11.7 Å². The highest BCUT2D eigenvalue weighted by Gasteiger charge is 2.26. The van der Waals surface area contributed by atoms with Crippen molar-refractivity contribution in [3.8, 4) is 11.3 Å². The summed E-state index contributed by atoms with van der Waals surface area (Å²) in [7, 11) is 0. The molecule has 148 valence electrons. The fourth-order valence-electron chi connectivity index (χ4n) is 3.62. The van der Waals surface area contributed by atoms with Crippen molar-refractivity contribution >= 4 is 5.91 Å². The highest BCUT2D eigenvalue weighted by atomic mass is 16.4. The SMILES string of the molecule is CC(C)c1ccc(-c2cnc(CCC(=O)NC(C)(C)CC(C)(C)C)o2)cc1. The first-order valence-electron chi connectivity index (χ1n) is 9.81. The van der Waals surface area contributed by atoms with Crippen LogP contribution < -0.4 is 5.32 Å². The molecule has 1 amide bonds. The molecule has 0 radical (unpaired) electrons. The van der Waals surface area contributed by atoms with Gasteiger partial charge in [-0.05, 0) is 37.2 Å². The van der Waals surface area contributed by atoms with E-state index in [0.717, 1.165) is 17.7 Å². The number of hydrogen-bond acceptors (Lipinski definition) is 3. The molecular formula is C23H34N2O2. The molecule has 1 N–H and O–H groups in total. The highest BCUT2D eigenvalue weighted by Crippen LogP contribution is 2.27. The minimum Gasteiger partial charge on any atom is -0.441 e. The summed E-state index contributed by atoms with van der Waals surface area (Å²) < 4.78 is 5.84. The topological polar surface area (TPSA) is 55.1 Å². The fourth-order valence-corrected chi connectivity index (χ4v) is 3.62. The molecule has 0 aliphatic heterocycles. The molecule has 1 heterocycles. The molecule has 4 heteroatoms. The second kappa shape index (κ2) is 8.28. The number of carbonyl (C=O) groups excluding carboxylic acids is 1. The third-order valence-electron chi connectivity index (χ3n) is 4.43. The van der Waals surface area contributed by atoms with Crippen LogP contribution in [-0.4, -0.2) is 16.4 Å². The summed E-state index contributed by atoms with van der Waals surface area (Å²) in [6, 6.07) is 8.35. The van der Waals surface area contributed by atoms with Gasteiger partial charge in [0.05, 0.1) is 6.20 Å². The Balaban J connectivity index is 1.91. The fraction of sp³-hybridized carbons (Fsp3) is 0.565. The van der Waals surface area contributed by atoms with Crippen LogP contribution in [-0.2, 0) is 11.2 Å². The third kappa shape index (κ3) is 6.85. The first-order chi connectivity index (χ1) is 12.5. The highest BCUT2D eigenvalue weighted by molar-refractivity contribution is 5.76. The summed E-state index contributed by atoms with van der Waals surface area (Å²) in [5, 5.41) is 3.13. The van der Waals surface area contributed by atoms with E-state index in [2.05, 4.69) is 83.0 Å². The summed E-state index contributed by atoms with van der Waals surface area (Å²) in [4.78, 5) is 16.6. The Hall–Kier alpha value is -2.10. The molecule has 0 saturated heterocycles. The molecular weight excluding hydrogens is 336 g/mol. The van der Waals surface area contributed by atoms with Crippen molar-refractivity contribution in [1.82, 2.24) is 10.3 Å². The summed E-state index contributed by atoms with van der Waals surface area (Å²) in [6.07, 6.45) is 3.53. The van der Waals surface area contributed by atoms with Crippen molar-refractivity contribution < 1.29 is 9.21 Å². The summed E-state index contributed by atoms with van der Waals surface area (Å²) >= 11 is 0.